The van der Waals surface area contributed by atoms with Gasteiger partial charge in [0.2, 0.25) is 6.79 Å². The number of hydrogen-bond acceptors (Lipinski definition) is 4. The number of phenols is 1. The Morgan fingerprint density at radius 3 is 3.06 bits per heavy atom. The van der Waals surface area contributed by atoms with Crippen LogP contribution in [0.1, 0.15) is 24.8 Å². The molecule has 1 aromatic carbocycles. The first-order valence-electron chi connectivity index (χ1n) is 4.89. The highest BCUT2D eigenvalue weighted by atomic mass is 19.1. The molecule has 1 N–H and O–H groups in total. The van der Waals surface area contributed by atoms with Gasteiger partial charge in [0.1, 0.15) is 6.29 Å². The molecule has 0 aliphatic carbocycles. The molecule has 0 fully saturated rings. The Hall–Kier alpha value is -1.78. The molecule has 0 bridgehead atoms. The topological polar surface area (TPSA) is 55.8 Å². The number of hydrogen-bond donors (Lipinski definition) is 1. The van der Waals surface area contributed by atoms with E-state index in [4.69, 9.17) is 9.47 Å². The van der Waals surface area contributed by atoms with Crippen LogP contribution in [0.5, 0.6) is 17.2 Å². The molecule has 1 atom stereocenters. The Morgan fingerprint density at radius 2 is 2.38 bits per heavy atom. The Balaban J connectivity index is 2.53. The molecule has 4 nitrogen and oxygen atoms in total. The standard InChI is InChI=1S/C11H11FO4/c1-6(2-3-13)9-10(12)7(14)4-8-11(9)16-5-15-8/h3-4,6,14H,2,5H2,1H3. The van der Waals surface area contributed by atoms with E-state index >= 15 is 0 Å². The van der Waals surface area contributed by atoms with E-state index in [-0.39, 0.29) is 30.4 Å². The minimum Gasteiger partial charge on any atom is -0.505 e. The summed E-state index contributed by atoms with van der Waals surface area (Å²) in [6, 6.07) is 1.18. The first-order valence-corrected chi connectivity index (χ1v) is 4.89. The van der Waals surface area contributed by atoms with Crippen LogP contribution in [-0.4, -0.2) is 18.2 Å². The summed E-state index contributed by atoms with van der Waals surface area (Å²) in [5.74, 6) is -1.01. The summed E-state index contributed by atoms with van der Waals surface area (Å²) in [6.07, 6.45) is 0.868. The average Bonchev–Trinajstić information content (AvgIpc) is 2.67. The summed E-state index contributed by atoms with van der Waals surface area (Å²) < 4.78 is 23.9. The van der Waals surface area contributed by atoms with E-state index in [9.17, 15) is 14.3 Å². The van der Waals surface area contributed by atoms with Gasteiger partial charge in [-0.15, -0.1) is 0 Å². The van der Waals surface area contributed by atoms with E-state index in [0.717, 1.165) is 0 Å². The molecule has 2 rings (SSSR count). The number of halogens is 1. The van der Waals surface area contributed by atoms with Gasteiger partial charge in [0, 0.05) is 18.1 Å². The Bertz CT molecular complexity index is 430. The minimum atomic E-state index is -0.751. The number of phenolic OH excluding ortho intramolecular Hbond substituents is 1. The third-order valence-electron chi connectivity index (χ3n) is 2.56. The maximum Gasteiger partial charge on any atom is 0.231 e. The molecule has 0 saturated carbocycles. The fourth-order valence-electron chi connectivity index (χ4n) is 1.73. The van der Waals surface area contributed by atoms with E-state index < -0.39 is 11.6 Å². The van der Waals surface area contributed by atoms with Crippen molar-refractivity contribution in [3.8, 4) is 17.2 Å². The maximum absolute atomic E-state index is 13.7. The summed E-state index contributed by atoms with van der Waals surface area (Å²) in [4.78, 5) is 10.4. The van der Waals surface area contributed by atoms with E-state index in [0.29, 0.717) is 12.0 Å². The normalized spacial score (nSPS) is 14.9. The lowest BCUT2D eigenvalue weighted by Crippen LogP contribution is -2.01. The molecule has 1 heterocycles. The summed E-state index contributed by atoms with van der Waals surface area (Å²) in [5.41, 5.74) is 0.194. The minimum absolute atomic E-state index is 0.000956. The van der Waals surface area contributed by atoms with Crippen molar-refractivity contribution in [1.29, 1.82) is 0 Å². The third-order valence-corrected chi connectivity index (χ3v) is 2.56. The van der Waals surface area contributed by atoms with Gasteiger partial charge in [-0.3, -0.25) is 0 Å². The molecule has 1 aliphatic heterocycles. The number of carbonyl (C=O) groups excluding carboxylic acids is 1. The lowest BCUT2D eigenvalue weighted by atomic mass is 9.96. The Kier molecular flexibility index (Phi) is 2.68. The van der Waals surface area contributed by atoms with Gasteiger partial charge < -0.3 is 19.4 Å². The van der Waals surface area contributed by atoms with E-state index in [2.05, 4.69) is 0 Å². The Morgan fingerprint density at radius 1 is 1.62 bits per heavy atom. The fourth-order valence-corrected chi connectivity index (χ4v) is 1.73. The first kappa shape index (κ1) is 10.7. The van der Waals surface area contributed by atoms with Gasteiger partial charge in [-0.1, -0.05) is 6.92 Å². The van der Waals surface area contributed by atoms with Gasteiger partial charge in [-0.2, -0.15) is 0 Å². The predicted molar refractivity (Wildman–Crippen MR) is 53.3 cm³/mol. The first-order chi connectivity index (χ1) is 7.65. The zero-order valence-corrected chi connectivity index (χ0v) is 8.70. The second-order valence-corrected chi connectivity index (χ2v) is 3.66. The molecule has 0 aromatic heterocycles. The van der Waals surface area contributed by atoms with Crippen LogP contribution in [0.2, 0.25) is 0 Å². The lowest BCUT2D eigenvalue weighted by molar-refractivity contribution is -0.108. The highest BCUT2D eigenvalue weighted by molar-refractivity contribution is 5.58. The van der Waals surface area contributed by atoms with Crippen LogP contribution < -0.4 is 9.47 Å². The SMILES string of the molecule is CC(CC=O)c1c(F)c(O)cc2c1OCO2. The monoisotopic (exact) mass is 226 g/mol. The van der Waals surface area contributed by atoms with E-state index in [1.807, 2.05) is 0 Å². The van der Waals surface area contributed by atoms with Gasteiger partial charge >= 0.3 is 0 Å². The number of fused-ring (bicyclic) bond motifs is 1. The molecule has 0 radical (unpaired) electrons. The molecule has 5 heteroatoms. The zero-order valence-electron chi connectivity index (χ0n) is 8.70. The molecule has 1 aliphatic rings. The highest BCUT2D eigenvalue weighted by Gasteiger charge is 2.27. The number of rotatable bonds is 3. The van der Waals surface area contributed by atoms with Gasteiger partial charge in [0.25, 0.3) is 0 Å². The molecule has 1 unspecified atom stereocenters. The van der Waals surface area contributed by atoms with Crippen LogP contribution in [0.15, 0.2) is 6.07 Å². The van der Waals surface area contributed by atoms with Crippen LogP contribution in [0.3, 0.4) is 0 Å². The Labute approximate surface area is 91.6 Å². The average molecular weight is 226 g/mol. The number of benzene rings is 1. The van der Waals surface area contributed by atoms with Crippen molar-refractivity contribution >= 4 is 6.29 Å². The van der Waals surface area contributed by atoms with Crippen molar-refractivity contribution in [2.45, 2.75) is 19.3 Å². The van der Waals surface area contributed by atoms with Crippen molar-refractivity contribution in [1.82, 2.24) is 0 Å². The maximum atomic E-state index is 13.7. The molecular formula is C11H11FO4. The van der Waals surface area contributed by atoms with Crippen LogP contribution in [0.4, 0.5) is 4.39 Å². The molecule has 0 amide bonds. The van der Waals surface area contributed by atoms with Gasteiger partial charge in [0.05, 0.1) is 0 Å². The van der Waals surface area contributed by atoms with E-state index in [1.54, 1.807) is 6.92 Å². The smallest absolute Gasteiger partial charge is 0.231 e. The fraction of sp³-hybridized carbons (Fsp3) is 0.364. The lowest BCUT2D eigenvalue weighted by Gasteiger charge is -2.13. The zero-order chi connectivity index (χ0) is 11.7. The van der Waals surface area contributed by atoms with Crippen LogP contribution in [0.25, 0.3) is 0 Å². The number of aromatic hydroxyl groups is 1. The molecular weight excluding hydrogens is 215 g/mol. The predicted octanol–water partition coefficient (Wildman–Crippen LogP) is 1.95. The molecule has 16 heavy (non-hydrogen) atoms. The number of aldehydes is 1. The largest absolute Gasteiger partial charge is 0.505 e. The molecule has 86 valence electrons. The third kappa shape index (κ3) is 1.58. The quantitative estimate of drug-likeness (QED) is 0.800. The van der Waals surface area contributed by atoms with Crippen molar-refractivity contribution in [3.05, 3.63) is 17.4 Å². The van der Waals surface area contributed by atoms with Gasteiger partial charge in [0.15, 0.2) is 23.1 Å². The molecule has 1 aromatic rings. The van der Waals surface area contributed by atoms with Crippen molar-refractivity contribution < 1.29 is 23.8 Å². The summed E-state index contributed by atoms with van der Waals surface area (Å²) >= 11 is 0. The molecule has 0 spiro atoms. The summed E-state index contributed by atoms with van der Waals surface area (Å²) in [6.45, 7) is 1.69. The van der Waals surface area contributed by atoms with Gasteiger partial charge in [-0.05, 0) is 5.92 Å². The van der Waals surface area contributed by atoms with Gasteiger partial charge in [-0.25, -0.2) is 4.39 Å². The molecule has 0 saturated heterocycles. The van der Waals surface area contributed by atoms with Crippen LogP contribution in [0, 0.1) is 5.82 Å². The summed E-state index contributed by atoms with van der Waals surface area (Å²) in [7, 11) is 0. The van der Waals surface area contributed by atoms with Crippen molar-refractivity contribution in [2.75, 3.05) is 6.79 Å². The number of ether oxygens (including phenoxy) is 2. The van der Waals surface area contributed by atoms with Crippen molar-refractivity contribution in [2.24, 2.45) is 0 Å². The number of carbonyl (C=O) groups is 1. The van der Waals surface area contributed by atoms with Crippen molar-refractivity contribution in [3.63, 3.8) is 0 Å². The van der Waals surface area contributed by atoms with E-state index in [1.165, 1.54) is 6.07 Å². The summed E-state index contributed by atoms with van der Waals surface area (Å²) in [5, 5.41) is 9.38. The van der Waals surface area contributed by atoms with Crippen LogP contribution in [-0.2, 0) is 4.79 Å². The van der Waals surface area contributed by atoms with Crippen LogP contribution >= 0.6 is 0 Å². The highest BCUT2D eigenvalue weighted by Crippen LogP contribution is 2.44. The second-order valence-electron chi connectivity index (χ2n) is 3.66. The second kappa shape index (κ2) is 4.00.